The summed E-state index contributed by atoms with van der Waals surface area (Å²) >= 11 is 1.64. The largest absolute Gasteiger partial charge is 0.484 e. The fourth-order valence-corrected chi connectivity index (χ4v) is 1.51. The van der Waals surface area contributed by atoms with E-state index in [0.29, 0.717) is 6.54 Å². The van der Waals surface area contributed by atoms with Crippen molar-refractivity contribution in [3.63, 3.8) is 0 Å². The average molecular weight is 171 g/mol. The van der Waals surface area contributed by atoms with E-state index in [-0.39, 0.29) is 0 Å². The molecule has 0 unspecified atom stereocenters. The monoisotopic (exact) mass is 171 g/mol. The van der Waals surface area contributed by atoms with Gasteiger partial charge >= 0.3 is 0 Å². The second kappa shape index (κ2) is 4.36. The van der Waals surface area contributed by atoms with Gasteiger partial charge in [-0.2, -0.15) is 0 Å². The van der Waals surface area contributed by atoms with E-state index < -0.39 is 0 Å². The van der Waals surface area contributed by atoms with Crippen LogP contribution in [0.1, 0.15) is 12.0 Å². The molecule has 0 spiro atoms. The first kappa shape index (κ1) is 8.56. The molecule has 1 heterocycles. The lowest BCUT2D eigenvalue weighted by Crippen LogP contribution is -2.05. The number of ether oxygens (including phenoxy) is 1. The highest BCUT2D eigenvalue weighted by Gasteiger charge is 1.95. The van der Waals surface area contributed by atoms with Gasteiger partial charge in [0, 0.05) is 0 Å². The molecule has 0 atom stereocenters. The SMILES string of the molecule is Cc1csc(OCCCN)c1. The third kappa shape index (κ3) is 2.91. The maximum Gasteiger partial charge on any atom is 0.173 e. The lowest BCUT2D eigenvalue weighted by Gasteiger charge is -1.99. The third-order valence-electron chi connectivity index (χ3n) is 1.30. The molecule has 1 aromatic rings. The van der Waals surface area contributed by atoms with Crippen molar-refractivity contribution in [1.29, 1.82) is 0 Å². The van der Waals surface area contributed by atoms with Crippen molar-refractivity contribution in [3.8, 4) is 5.06 Å². The molecule has 0 bridgehead atoms. The Morgan fingerprint density at radius 2 is 2.45 bits per heavy atom. The first-order valence-corrected chi connectivity index (χ1v) is 4.59. The predicted octanol–water partition coefficient (Wildman–Crippen LogP) is 1.78. The quantitative estimate of drug-likeness (QED) is 0.701. The van der Waals surface area contributed by atoms with E-state index in [0.717, 1.165) is 18.1 Å². The zero-order valence-electron chi connectivity index (χ0n) is 6.67. The van der Waals surface area contributed by atoms with Crippen LogP contribution in [0.4, 0.5) is 0 Å². The standard InChI is InChI=1S/C8H13NOS/c1-7-5-8(11-6-7)10-4-2-3-9/h5-6H,2-4,9H2,1H3. The van der Waals surface area contributed by atoms with Gasteiger partial charge in [0.25, 0.3) is 0 Å². The molecular formula is C8H13NOS. The van der Waals surface area contributed by atoms with Crippen molar-refractivity contribution >= 4 is 11.3 Å². The van der Waals surface area contributed by atoms with Crippen LogP contribution in [0.2, 0.25) is 0 Å². The molecule has 0 aliphatic rings. The van der Waals surface area contributed by atoms with Crippen LogP contribution in [-0.4, -0.2) is 13.2 Å². The van der Waals surface area contributed by atoms with Crippen LogP contribution in [0.5, 0.6) is 5.06 Å². The molecule has 1 aromatic heterocycles. The molecular weight excluding hydrogens is 158 g/mol. The highest BCUT2D eigenvalue weighted by atomic mass is 32.1. The maximum atomic E-state index is 5.41. The summed E-state index contributed by atoms with van der Waals surface area (Å²) in [7, 11) is 0. The Bertz CT molecular complexity index is 210. The fraction of sp³-hybridized carbons (Fsp3) is 0.500. The smallest absolute Gasteiger partial charge is 0.173 e. The summed E-state index contributed by atoms with van der Waals surface area (Å²) in [6.45, 7) is 3.49. The highest BCUT2D eigenvalue weighted by Crippen LogP contribution is 2.21. The van der Waals surface area contributed by atoms with Gasteiger partial charge in [0.1, 0.15) is 0 Å². The molecule has 0 amide bonds. The molecule has 0 saturated carbocycles. The van der Waals surface area contributed by atoms with Crippen LogP contribution in [0, 0.1) is 6.92 Å². The van der Waals surface area contributed by atoms with Crippen LogP contribution in [0.15, 0.2) is 11.4 Å². The van der Waals surface area contributed by atoms with E-state index in [1.54, 1.807) is 11.3 Å². The van der Waals surface area contributed by atoms with Gasteiger partial charge in [-0.15, -0.1) is 11.3 Å². The summed E-state index contributed by atoms with van der Waals surface area (Å²) in [5.41, 5.74) is 6.58. The van der Waals surface area contributed by atoms with Gasteiger partial charge in [0.15, 0.2) is 5.06 Å². The van der Waals surface area contributed by atoms with E-state index in [9.17, 15) is 0 Å². The maximum absolute atomic E-state index is 5.41. The van der Waals surface area contributed by atoms with Gasteiger partial charge < -0.3 is 10.5 Å². The van der Waals surface area contributed by atoms with E-state index in [4.69, 9.17) is 10.5 Å². The Balaban J connectivity index is 2.27. The summed E-state index contributed by atoms with van der Waals surface area (Å²) in [5.74, 6) is 0. The minimum absolute atomic E-state index is 0.699. The van der Waals surface area contributed by atoms with Crippen LogP contribution >= 0.6 is 11.3 Å². The number of nitrogens with two attached hydrogens (primary N) is 1. The van der Waals surface area contributed by atoms with E-state index >= 15 is 0 Å². The van der Waals surface area contributed by atoms with Crippen LogP contribution < -0.4 is 10.5 Å². The first-order valence-electron chi connectivity index (χ1n) is 3.71. The zero-order valence-corrected chi connectivity index (χ0v) is 7.49. The average Bonchev–Trinajstić information content (AvgIpc) is 2.37. The van der Waals surface area contributed by atoms with Crippen molar-refractivity contribution in [2.75, 3.05) is 13.2 Å². The molecule has 0 radical (unpaired) electrons. The topological polar surface area (TPSA) is 35.2 Å². The van der Waals surface area contributed by atoms with E-state index in [2.05, 4.69) is 12.3 Å². The highest BCUT2D eigenvalue weighted by molar-refractivity contribution is 7.11. The zero-order chi connectivity index (χ0) is 8.10. The van der Waals surface area contributed by atoms with Crippen molar-refractivity contribution in [3.05, 3.63) is 17.0 Å². The third-order valence-corrected chi connectivity index (χ3v) is 2.26. The normalized spacial score (nSPS) is 10.0. The molecule has 0 aliphatic heterocycles. The number of aryl methyl sites for hydroxylation is 1. The molecule has 0 aromatic carbocycles. The Morgan fingerprint density at radius 1 is 1.64 bits per heavy atom. The molecule has 2 N–H and O–H groups in total. The number of hydrogen-bond donors (Lipinski definition) is 1. The number of thiophene rings is 1. The second-order valence-corrected chi connectivity index (χ2v) is 3.31. The number of hydrogen-bond acceptors (Lipinski definition) is 3. The Kier molecular flexibility index (Phi) is 3.39. The van der Waals surface area contributed by atoms with Crippen molar-refractivity contribution in [1.82, 2.24) is 0 Å². The number of rotatable bonds is 4. The Morgan fingerprint density at radius 3 is 3.00 bits per heavy atom. The summed E-state index contributed by atoms with van der Waals surface area (Å²) < 4.78 is 5.41. The summed E-state index contributed by atoms with van der Waals surface area (Å²) in [5, 5.41) is 3.08. The van der Waals surface area contributed by atoms with E-state index in [1.807, 2.05) is 6.07 Å². The van der Waals surface area contributed by atoms with Crippen molar-refractivity contribution in [2.45, 2.75) is 13.3 Å². The molecule has 2 nitrogen and oxygen atoms in total. The van der Waals surface area contributed by atoms with Gasteiger partial charge in [-0.25, -0.2) is 0 Å². The van der Waals surface area contributed by atoms with Gasteiger partial charge in [0.2, 0.25) is 0 Å². The van der Waals surface area contributed by atoms with Crippen molar-refractivity contribution < 1.29 is 4.74 Å². The first-order chi connectivity index (χ1) is 5.33. The van der Waals surface area contributed by atoms with Gasteiger partial charge in [-0.05, 0) is 36.9 Å². The molecule has 0 saturated heterocycles. The molecule has 0 aliphatic carbocycles. The fourth-order valence-electron chi connectivity index (χ4n) is 0.737. The second-order valence-electron chi connectivity index (χ2n) is 2.43. The Hall–Kier alpha value is -0.540. The van der Waals surface area contributed by atoms with E-state index in [1.165, 1.54) is 5.56 Å². The van der Waals surface area contributed by atoms with Gasteiger partial charge in [-0.3, -0.25) is 0 Å². The summed E-state index contributed by atoms with van der Waals surface area (Å²) in [6.07, 6.45) is 0.928. The summed E-state index contributed by atoms with van der Waals surface area (Å²) in [4.78, 5) is 0. The summed E-state index contributed by atoms with van der Waals surface area (Å²) in [6, 6.07) is 2.04. The molecule has 3 heteroatoms. The molecule has 11 heavy (non-hydrogen) atoms. The van der Waals surface area contributed by atoms with Crippen LogP contribution in [0.3, 0.4) is 0 Å². The molecule has 1 rings (SSSR count). The van der Waals surface area contributed by atoms with Crippen molar-refractivity contribution in [2.24, 2.45) is 5.73 Å². The van der Waals surface area contributed by atoms with Gasteiger partial charge in [0.05, 0.1) is 6.61 Å². The minimum Gasteiger partial charge on any atom is -0.484 e. The predicted molar refractivity (Wildman–Crippen MR) is 48.2 cm³/mol. The van der Waals surface area contributed by atoms with Gasteiger partial charge in [-0.1, -0.05) is 0 Å². The lowest BCUT2D eigenvalue weighted by atomic mass is 10.4. The Labute approximate surface area is 71.0 Å². The lowest BCUT2D eigenvalue weighted by molar-refractivity contribution is 0.322. The molecule has 62 valence electrons. The molecule has 0 fully saturated rings. The minimum atomic E-state index is 0.699. The van der Waals surface area contributed by atoms with Crippen LogP contribution in [-0.2, 0) is 0 Å². The van der Waals surface area contributed by atoms with Crippen LogP contribution in [0.25, 0.3) is 0 Å².